The van der Waals surface area contributed by atoms with Crippen molar-refractivity contribution in [2.24, 2.45) is 0 Å². The fraction of sp³-hybridized carbons (Fsp3) is 0.111. The van der Waals surface area contributed by atoms with Crippen LogP contribution in [0, 0.1) is 9.39 Å². The van der Waals surface area contributed by atoms with Crippen LogP contribution in [-0.4, -0.2) is 14.7 Å². The van der Waals surface area contributed by atoms with Crippen LogP contribution in [0.3, 0.4) is 0 Å². The quantitative estimate of drug-likeness (QED) is 0.425. The van der Waals surface area contributed by atoms with E-state index in [2.05, 4.69) is 43.5 Å². The van der Waals surface area contributed by atoms with Gasteiger partial charge in [0, 0.05) is 39.2 Å². The van der Waals surface area contributed by atoms with Gasteiger partial charge in [0.1, 0.15) is 11.5 Å². The zero-order valence-corrected chi connectivity index (χ0v) is 14.9. The third-order valence-electron chi connectivity index (χ3n) is 4.09. The monoisotopic (exact) mass is 433 g/mol. The minimum Gasteiger partial charge on any atom is -0.359 e. The molecule has 0 N–H and O–H groups in total. The molecule has 0 amide bonds. The molecule has 6 heteroatoms. The maximum Gasteiger partial charge on any atom is 0.159 e. The molecule has 0 aliphatic heterocycles. The molecule has 0 aliphatic rings. The lowest BCUT2D eigenvalue weighted by molar-refractivity contribution is 0.356. The summed E-state index contributed by atoms with van der Waals surface area (Å²) in [6.45, 7) is 2.03. The predicted octanol–water partition coefficient (Wildman–Crippen LogP) is 5.04. The summed E-state index contributed by atoms with van der Waals surface area (Å²) in [6, 6.07) is 10.3. The van der Waals surface area contributed by atoms with Crippen LogP contribution >= 0.6 is 22.6 Å². The fourth-order valence-electron chi connectivity index (χ4n) is 2.80. The number of aromatic nitrogens is 3. The van der Waals surface area contributed by atoms with E-state index < -0.39 is 0 Å². The van der Waals surface area contributed by atoms with Crippen molar-refractivity contribution in [2.45, 2.75) is 13.0 Å². The normalized spacial score (nSPS) is 12.6. The molecule has 0 bridgehead atoms. The Morgan fingerprint density at radius 2 is 2.08 bits per heavy atom. The van der Waals surface area contributed by atoms with E-state index in [0.29, 0.717) is 17.0 Å². The Hall–Kier alpha value is -2.22. The number of pyridine rings is 1. The first-order valence-electron chi connectivity index (χ1n) is 7.46. The van der Waals surface area contributed by atoms with Crippen molar-refractivity contribution >= 4 is 33.5 Å². The molecule has 4 aromatic rings. The van der Waals surface area contributed by atoms with Crippen molar-refractivity contribution in [1.29, 1.82) is 0 Å². The summed E-state index contributed by atoms with van der Waals surface area (Å²) in [6.07, 6.45) is 5.68. The lowest BCUT2D eigenvalue weighted by Gasteiger charge is -2.11. The number of hydrogen-bond donors (Lipinski definition) is 0. The lowest BCUT2D eigenvalue weighted by atomic mass is 10.1. The Morgan fingerprint density at radius 3 is 2.92 bits per heavy atom. The van der Waals surface area contributed by atoms with Crippen LogP contribution < -0.4 is 0 Å². The molecule has 0 spiro atoms. The number of nitrogens with zero attached hydrogens (tertiary/aromatic N) is 3. The predicted molar refractivity (Wildman–Crippen MR) is 98.2 cm³/mol. The third-order valence-corrected chi connectivity index (χ3v) is 4.95. The number of benzene rings is 1. The van der Waals surface area contributed by atoms with Gasteiger partial charge >= 0.3 is 0 Å². The highest BCUT2D eigenvalue weighted by atomic mass is 127. The number of rotatable bonds is 3. The van der Waals surface area contributed by atoms with Gasteiger partial charge in [0.25, 0.3) is 0 Å². The van der Waals surface area contributed by atoms with Crippen molar-refractivity contribution < 1.29 is 8.91 Å². The molecular formula is C18H13FIN3O. The standard InChI is InChI=1S/C18H13FIN3O/c1-11(23-10-15(20)13-9-21-7-6-17(13)23)18-8-16(22-24-18)12-4-2-3-5-14(12)19/h2-11H,1H3. The molecule has 4 rings (SSSR count). The van der Waals surface area contributed by atoms with E-state index in [1.54, 1.807) is 30.5 Å². The second-order valence-corrected chi connectivity index (χ2v) is 6.71. The van der Waals surface area contributed by atoms with Gasteiger partial charge in [-0.2, -0.15) is 0 Å². The number of halogens is 2. The van der Waals surface area contributed by atoms with Gasteiger partial charge in [-0.1, -0.05) is 17.3 Å². The van der Waals surface area contributed by atoms with E-state index in [-0.39, 0.29) is 11.9 Å². The largest absolute Gasteiger partial charge is 0.359 e. The zero-order valence-electron chi connectivity index (χ0n) is 12.8. The van der Waals surface area contributed by atoms with Gasteiger partial charge in [-0.15, -0.1) is 0 Å². The van der Waals surface area contributed by atoms with Gasteiger partial charge in [-0.25, -0.2) is 4.39 Å². The lowest BCUT2D eigenvalue weighted by Crippen LogP contribution is -2.04. The molecule has 0 aliphatic carbocycles. The molecule has 0 saturated carbocycles. The first kappa shape index (κ1) is 15.3. The highest BCUT2D eigenvalue weighted by molar-refractivity contribution is 14.1. The Balaban J connectivity index is 1.75. The van der Waals surface area contributed by atoms with Crippen LogP contribution in [0.2, 0.25) is 0 Å². The van der Waals surface area contributed by atoms with Gasteiger partial charge in [-0.05, 0) is 47.7 Å². The van der Waals surface area contributed by atoms with Crippen molar-refractivity contribution in [3.05, 3.63) is 70.1 Å². The van der Waals surface area contributed by atoms with Gasteiger partial charge in [0.15, 0.2) is 5.76 Å². The molecule has 0 fully saturated rings. The van der Waals surface area contributed by atoms with Crippen molar-refractivity contribution in [1.82, 2.24) is 14.7 Å². The van der Waals surface area contributed by atoms with Crippen molar-refractivity contribution in [3.8, 4) is 11.3 Å². The molecule has 3 aromatic heterocycles. The van der Waals surface area contributed by atoms with E-state index in [9.17, 15) is 4.39 Å². The molecule has 24 heavy (non-hydrogen) atoms. The zero-order chi connectivity index (χ0) is 16.7. The van der Waals surface area contributed by atoms with Crippen LogP contribution in [0.4, 0.5) is 4.39 Å². The summed E-state index contributed by atoms with van der Waals surface area (Å²) in [5.74, 6) is 0.371. The van der Waals surface area contributed by atoms with Gasteiger partial charge in [0.2, 0.25) is 0 Å². The minimum absolute atomic E-state index is 0.0635. The molecule has 0 radical (unpaired) electrons. The summed E-state index contributed by atoms with van der Waals surface area (Å²) < 4.78 is 22.7. The van der Waals surface area contributed by atoms with E-state index in [4.69, 9.17) is 4.52 Å². The molecule has 4 nitrogen and oxygen atoms in total. The van der Waals surface area contributed by atoms with Crippen LogP contribution in [0.15, 0.2) is 59.5 Å². The average Bonchev–Trinajstić information content (AvgIpc) is 3.21. The Morgan fingerprint density at radius 1 is 1.25 bits per heavy atom. The average molecular weight is 433 g/mol. The fourth-order valence-corrected chi connectivity index (χ4v) is 3.51. The minimum atomic E-state index is -0.308. The highest BCUT2D eigenvalue weighted by Gasteiger charge is 2.19. The molecule has 0 saturated heterocycles. The maximum absolute atomic E-state index is 13.9. The summed E-state index contributed by atoms with van der Waals surface area (Å²) >= 11 is 2.29. The second-order valence-electron chi connectivity index (χ2n) is 5.55. The SMILES string of the molecule is CC(c1cc(-c2ccccc2F)no1)n1cc(I)c2cnccc21. The van der Waals surface area contributed by atoms with Crippen LogP contribution in [-0.2, 0) is 0 Å². The third kappa shape index (κ3) is 2.50. The summed E-state index contributed by atoms with van der Waals surface area (Å²) in [5, 5.41) is 5.13. The molecule has 120 valence electrons. The van der Waals surface area contributed by atoms with E-state index >= 15 is 0 Å². The summed E-state index contributed by atoms with van der Waals surface area (Å²) in [7, 11) is 0. The molecular weight excluding hydrogens is 420 g/mol. The van der Waals surface area contributed by atoms with Crippen LogP contribution in [0.25, 0.3) is 22.2 Å². The summed E-state index contributed by atoms with van der Waals surface area (Å²) in [5.41, 5.74) is 2.02. The van der Waals surface area contributed by atoms with Crippen molar-refractivity contribution in [2.75, 3.05) is 0 Å². The second kappa shape index (κ2) is 6.01. The molecule has 1 aromatic carbocycles. The van der Waals surface area contributed by atoms with E-state index in [1.165, 1.54) is 6.07 Å². The van der Waals surface area contributed by atoms with Gasteiger partial charge in [-0.3, -0.25) is 4.98 Å². The first-order valence-corrected chi connectivity index (χ1v) is 8.54. The first-order chi connectivity index (χ1) is 11.6. The van der Waals surface area contributed by atoms with Gasteiger partial charge in [0.05, 0.1) is 11.6 Å². The number of hydrogen-bond acceptors (Lipinski definition) is 3. The topological polar surface area (TPSA) is 43.9 Å². The maximum atomic E-state index is 13.9. The van der Waals surface area contributed by atoms with Gasteiger partial charge < -0.3 is 9.09 Å². The highest BCUT2D eigenvalue weighted by Crippen LogP contribution is 2.30. The van der Waals surface area contributed by atoms with E-state index in [1.807, 2.05) is 19.2 Å². The van der Waals surface area contributed by atoms with Crippen LogP contribution in [0.5, 0.6) is 0 Å². The number of fused-ring (bicyclic) bond motifs is 1. The molecule has 3 heterocycles. The Kier molecular flexibility index (Phi) is 3.84. The van der Waals surface area contributed by atoms with E-state index in [0.717, 1.165) is 14.5 Å². The molecule has 1 atom stereocenters. The Labute approximate surface area is 151 Å². The Bertz CT molecular complexity index is 1020. The molecule has 1 unspecified atom stereocenters. The van der Waals surface area contributed by atoms with Crippen LogP contribution in [0.1, 0.15) is 18.7 Å². The smallest absolute Gasteiger partial charge is 0.159 e. The summed E-state index contributed by atoms with van der Waals surface area (Å²) in [4.78, 5) is 4.18. The van der Waals surface area contributed by atoms with Crippen molar-refractivity contribution in [3.63, 3.8) is 0 Å².